The molecule has 3 N–H and O–H groups in total. The Bertz CT molecular complexity index is 535. The largest absolute Gasteiger partial charge is 0.493 e. The molecular weight excluding hydrogens is 234 g/mol. The van der Waals surface area contributed by atoms with Crippen molar-refractivity contribution in [1.82, 2.24) is 0 Å². The summed E-state index contributed by atoms with van der Waals surface area (Å²) in [5, 5.41) is 9.37. The van der Waals surface area contributed by atoms with E-state index < -0.39 is 5.97 Å². The van der Waals surface area contributed by atoms with Crippen LogP contribution in [-0.4, -0.2) is 18.2 Å². The molecule has 0 saturated heterocycles. The molecule has 6 heteroatoms. The third-order valence-corrected chi connectivity index (χ3v) is 2.04. The maximum Gasteiger partial charge on any atom is 0.371 e. The number of benzene rings is 1. The van der Waals surface area contributed by atoms with E-state index >= 15 is 0 Å². The van der Waals surface area contributed by atoms with Crippen LogP contribution in [0.5, 0.6) is 5.75 Å². The van der Waals surface area contributed by atoms with Gasteiger partial charge in [0.15, 0.2) is 11.3 Å². The Morgan fingerprint density at radius 3 is 2.69 bits per heavy atom. The van der Waals surface area contributed by atoms with Crippen molar-refractivity contribution in [3.05, 3.63) is 24.0 Å². The first kappa shape index (κ1) is 12.2. The van der Waals surface area contributed by atoms with Gasteiger partial charge in [-0.2, -0.15) is 0 Å². The quantitative estimate of drug-likeness (QED) is 0.790. The van der Waals surface area contributed by atoms with Crippen molar-refractivity contribution in [2.75, 3.05) is 12.8 Å². The number of ether oxygens (including phenoxy) is 1. The van der Waals surface area contributed by atoms with Crippen LogP contribution in [0.2, 0.25) is 0 Å². The minimum Gasteiger partial charge on any atom is -0.493 e. The fourth-order valence-corrected chi connectivity index (χ4v) is 1.40. The first-order chi connectivity index (χ1) is 7.11. The minimum absolute atomic E-state index is 0. The standard InChI is InChI=1S/C10H9NO4.ClH/c1-14-7-4-6(11)2-5-3-8(10(12)13)15-9(5)7;/h2-4H,11H2,1H3,(H,12,13);1H. The van der Waals surface area contributed by atoms with Crippen LogP contribution in [0.25, 0.3) is 11.0 Å². The summed E-state index contributed by atoms with van der Waals surface area (Å²) in [5.74, 6) is -0.821. The highest BCUT2D eigenvalue weighted by Gasteiger charge is 2.14. The second-order valence-electron chi connectivity index (χ2n) is 3.06. The highest BCUT2D eigenvalue weighted by molar-refractivity contribution is 5.94. The molecule has 0 radical (unpaired) electrons. The van der Waals surface area contributed by atoms with Crippen LogP contribution in [-0.2, 0) is 0 Å². The van der Waals surface area contributed by atoms with Crippen molar-refractivity contribution in [2.24, 2.45) is 0 Å². The molecule has 0 fully saturated rings. The highest BCUT2D eigenvalue weighted by atomic mass is 35.5. The number of fused-ring (bicyclic) bond motifs is 1. The number of halogens is 1. The van der Waals surface area contributed by atoms with E-state index in [2.05, 4.69) is 0 Å². The van der Waals surface area contributed by atoms with Crippen LogP contribution in [0.4, 0.5) is 5.69 Å². The van der Waals surface area contributed by atoms with Crippen LogP contribution in [0.3, 0.4) is 0 Å². The van der Waals surface area contributed by atoms with E-state index in [1.807, 2.05) is 0 Å². The summed E-state index contributed by atoms with van der Waals surface area (Å²) >= 11 is 0. The number of aromatic carboxylic acids is 1. The molecule has 0 aliphatic heterocycles. The molecule has 1 heterocycles. The van der Waals surface area contributed by atoms with E-state index in [0.29, 0.717) is 22.4 Å². The van der Waals surface area contributed by atoms with Crippen LogP contribution in [0.1, 0.15) is 10.6 Å². The Labute approximate surface area is 97.2 Å². The summed E-state index contributed by atoms with van der Waals surface area (Å²) < 4.78 is 10.2. The van der Waals surface area contributed by atoms with Crippen LogP contribution >= 0.6 is 12.4 Å². The first-order valence-corrected chi connectivity index (χ1v) is 4.22. The number of rotatable bonds is 2. The second-order valence-corrected chi connectivity index (χ2v) is 3.06. The van der Waals surface area contributed by atoms with Gasteiger partial charge in [0.1, 0.15) is 0 Å². The molecule has 0 aliphatic rings. The molecule has 0 unspecified atom stereocenters. The van der Waals surface area contributed by atoms with E-state index in [4.69, 9.17) is 20.0 Å². The van der Waals surface area contributed by atoms with E-state index in [0.717, 1.165) is 0 Å². The van der Waals surface area contributed by atoms with Crippen LogP contribution in [0, 0.1) is 0 Å². The van der Waals surface area contributed by atoms with Crippen LogP contribution < -0.4 is 10.5 Å². The van der Waals surface area contributed by atoms with Gasteiger partial charge in [0.25, 0.3) is 0 Å². The average molecular weight is 244 g/mol. The topological polar surface area (TPSA) is 85.7 Å². The number of nitrogens with two attached hydrogens (primary N) is 1. The van der Waals surface area contributed by atoms with Gasteiger partial charge in [0.05, 0.1) is 7.11 Å². The normalized spacial score (nSPS) is 9.81. The molecule has 0 saturated carbocycles. The Hall–Kier alpha value is -1.88. The maximum atomic E-state index is 10.7. The summed E-state index contributed by atoms with van der Waals surface area (Å²) in [5.41, 5.74) is 6.51. The zero-order valence-corrected chi connectivity index (χ0v) is 9.21. The van der Waals surface area contributed by atoms with Gasteiger partial charge in [0, 0.05) is 17.1 Å². The Morgan fingerprint density at radius 2 is 2.12 bits per heavy atom. The molecule has 0 amide bonds. The average Bonchev–Trinajstić information content (AvgIpc) is 2.59. The number of carboxylic acid groups (broad SMARTS) is 1. The van der Waals surface area contributed by atoms with Gasteiger partial charge in [-0.15, -0.1) is 12.4 Å². The Balaban J connectivity index is 0.00000128. The lowest BCUT2D eigenvalue weighted by atomic mass is 10.2. The molecule has 86 valence electrons. The van der Waals surface area contributed by atoms with E-state index in [1.54, 1.807) is 12.1 Å². The SMILES string of the molecule is COc1cc(N)cc2cc(C(=O)O)oc12.Cl. The fourth-order valence-electron chi connectivity index (χ4n) is 1.40. The van der Waals surface area contributed by atoms with Crippen molar-refractivity contribution in [2.45, 2.75) is 0 Å². The third-order valence-electron chi connectivity index (χ3n) is 2.04. The molecular formula is C10H10ClNO4. The van der Waals surface area contributed by atoms with Gasteiger partial charge in [-0.05, 0) is 12.1 Å². The van der Waals surface area contributed by atoms with Gasteiger partial charge < -0.3 is 20.0 Å². The van der Waals surface area contributed by atoms with Crippen LogP contribution in [0.15, 0.2) is 22.6 Å². The van der Waals surface area contributed by atoms with Gasteiger partial charge in [-0.25, -0.2) is 4.79 Å². The first-order valence-electron chi connectivity index (χ1n) is 4.22. The van der Waals surface area contributed by atoms with Gasteiger partial charge >= 0.3 is 5.97 Å². The number of carbonyl (C=O) groups is 1. The van der Waals surface area contributed by atoms with Gasteiger partial charge in [-0.1, -0.05) is 0 Å². The lowest BCUT2D eigenvalue weighted by molar-refractivity contribution is 0.0665. The zero-order chi connectivity index (χ0) is 11.0. The lowest BCUT2D eigenvalue weighted by Gasteiger charge is -2.01. The summed E-state index contributed by atoms with van der Waals surface area (Å²) in [4.78, 5) is 10.7. The van der Waals surface area contributed by atoms with E-state index in [1.165, 1.54) is 13.2 Å². The number of nitrogen functional groups attached to an aromatic ring is 1. The molecule has 2 aromatic rings. The summed E-state index contributed by atoms with van der Waals surface area (Å²) in [6.45, 7) is 0. The van der Waals surface area contributed by atoms with Crippen molar-refractivity contribution in [3.63, 3.8) is 0 Å². The van der Waals surface area contributed by atoms with Gasteiger partial charge in [0.2, 0.25) is 5.76 Å². The van der Waals surface area contributed by atoms with Crippen molar-refractivity contribution >= 4 is 35.0 Å². The van der Waals surface area contributed by atoms with Crippen molar-refractivity contribution < 1.29 is 19.1 Å². The number of hydrogen-bond acceptors (Lipinski definition) is 4. The second kappa shape index (κ2) is 4.32. The van der Waals surface area contributed by atoms with Gasteiger partial charge in [-0.3, -0.25) is 0 Å². The number of furan rings is 1. The van der Waals surface area contributed by atoms with Crippen molar-refractivity contribution in [1.29, 1.82) is 0 Å². The predicted molar refractivity (Wildman–Crippen MR) is 61.4 cm³/mol. The smallest absolute Gasteiger partial charge is 0.371 e. The molecule has 0 spiro atoms. The molecule has 16 heavy (non-hydrogen) atoms. The van der Waals surface area contributed by atoms with E-state index in [-0.39, 0.29) is 18.2 Å². The Kier molecular flexibility index (Phi) is 3.29. The predicted octanol–water partition coefficient (Wildman–Crippen LogP) is 2.14. The Morgan fingerprint density at radius 1 is 1.44 bits per heavy atom. The monoisotopic (exact) mass is 243 g/mol. The number of anilines is 1. The maximum absolute atomic E-state index is 10.7. The molecule has 1 aromatic carbocycles. The molecule has 0 aliphatic carbocycles. The minimum atomic E-state index is -1.12. The number of methoxy groups -OCH3 is 1. The molecule has 0 bridgehead atoms. The van der Waals surface area contributed by atoms with E-state index in [9.17, 15) is 4.79 Å². The fraction of sp³-hybridized carbons (Fsp3) is 0.100. The summed E-state index contributed by atoms with van der Waals surface area (Å²) in [6, 6.07) is 4.63. The summed E-state index contributed by atoms with van der Waals surface area (Å²) in [7, 11) is 1.47. The third kappa shape index (κ3) is 1.90. The lowest BCUT2D eigenvalue weighted by Crippen LogP contribution is -1.91. The molecule has 0 atom stereocenters. The highest BCUT2D eigenvalue weighted by Crippen LogP contribution is 2.31. The molecule has 5 nitrogen and oxygen atoms in total. The number of hydrogen-bond donors (Lipinski definition) is 2. The molecule has 1 aromatic heterocycles. The molecule has 2 rings (SSSR count). The zero-order valence-electron chi connectivity index (χ0n) is 8.39. The summed E-state index contributed by atoms with van der Waals surface area (Å²) in [6.07, 6.45) is 0. The van der Waals surface area contributed by atoms with Crippen molar-refractivity contribution in [3.8, 4) is 5.75 Å². The number of carboxylic acids is 1.